The second-order valence-electron chi connectivity index (χ2n) is 3.17. The molecule has 1 rings (SSSR count). The summed E-state index contributed by atoms with van der Waals surface area (Å²) >= 11 is 4.79. The summed E-state index contributed by atoms with van der Waals surface area (Å²) in [6.07, 6.45) is 1.16. The van der Waals surface area contributed by atoms with Crippen molar-refractivity contribution >= 4 is 27.0 Å². The summed E-state index contributed by atoms with van der Waals surface area (Å²) in [7, 11) is -3.20. The van der Waals surface area contributed by atoms with E-state index in [4.69, 9.17) is 18.0 Å². The van der Waals surface area contributed by atoms with Gasteiger partial charge in [-0.2, -0.15) is 0 Å². The average Bonchev–Trinajstić information content (AvgIpc) is 2.01. The summed E-state index contributed by atoms with van der Waals surface area (Å²) in [4.78, 5) is 0.457. The van der Waals surface area contributed by atoms with Gasteiger partial charge in [-0.05, 0) is 30.7 Å². The Morgan fingerprint density at radius 1 is 1.36 bits per heavy atom. The van der Waals surface area contributed by atoms with Gasteiger partial charge in [-0.3, -0.25) is 0 Å². The molecule has 1 aromatic carbocycles. The predicted octanol–water partition coefficient (Wildman–Crippen LogP) is 1.03. The van der Waals surface area contributed by atoms with Gasteiger partial charge in [0.05, 0.1) is 4.90 Å². The Bertz CT molecular complexity index is 478. The molecule has 0 atom stereocenters. The molecule has 0 fully saturated rings. The van der Waals surface area contributed by atoms with Gasteiger partial charge < -0.3 is 5.73 Å². The zero-order valence-electron chi connectivity index (χ0n) is 7.94. The summed E-state index contributed by atoms with van der Waals surface area (Å²) in [6, 6.07) is 4.85. The number of hydrogen-bond acceptors (Lipinski definition) is 3. The smallest absolute Gasteiger partial charge is 0.175 e. The summed E-state index contributed by atoms with van der Waals surface area (Å²) in [6.45, 7) is 1.80. The predicted molar refractivity (Wildman–Crippen MR) is 60.2 cm³/mol. The molecule has 0 bridgehead atoms. The molecular formula is C9H11NO2S2. The Labute approximate surface area is 88.9 Å². The van der Waals surface area contributed by atoms with Crippen LogP contribution in [-0.4, -0.2) is 19.7 Å². The Hall–Kier alpha value is -0.940. The Balaban J connectivity index is 3.43. The van der Waals surface area contributed by atoms with E-state index in [0.29, 0.717) is 5.56 Å². The van der Waals surface area contributed by atoms with Crippen molar-refractivity contribution in [3.8, 4) is 0 Å². The van der Waals surface area contributed by atoms with E-state index >= 15 is 0 Å². The molecule has 0 aliphatic carbocycles. The van der Waals surface area contributed by atoms with Gasteiger partial charge in [0, 0.05) is 11.8 Å². The van der Waals surface area contributed by atoms with E-state index in [0.717, 1.165) is 11.8 Å². The summed E-state index contributed by atoms with van der Waals surface area (Å²) in [5.41, 5.74) is 6.84. The number of thiocarbonyl (C=S) groups is 1. The average molecular weight is 229 g/mol. The van der Waals surface area contributed by atoms with Gasteiger partial charge in [-0.1, -0.05) is 12.2 Å². The van der Waals surface area contributed by atoms with E-state index in [1.165, 1.54) is 6.07 Å². The standard InChI is InChI=1S/C9H11NO2S2/c1-6-3-7(9(10)13)5-8(4-6)14(2,11)12/h3-5H,1-2H3,(H2,10,13). The minimum absolute atomic E-state index is 0.207. The van der Waals surface area contributed by atoms with E-state index in [2.05, 4.69) is 0 Å². The molecule has 14 heavy (non-hydrogen) atoms. The molecule has 3 nitrogen and oxygen atoms in total. The van der Waals surface area contributed by atoms with Crippen LogP contribution in [-0.2, 0) is 9.84 Å². The minimum atomic E-state index is -3.20. The fraction of sp³-hybridized carbons (Fsp3) is 0.222. The van der Waals surface area contributed by atoms with Crippen LogP contribution in [0.25, 0.3) is 0 Å². The van der Waals surface area contributed by atoms with Crippen LogP contribution >= 0.6 is 12.2 Å². The zero-order valence-corrected chi connectivity index (χ0v) is 9.58. The van der Waals surface area contributed by atoms with Gasteiger partial charge >= 0.3 is 0 Å². The first kappa shape index (κ1) is 11.1. The highest BCUT2D eigenvalue weighted by atomic mass is 32.2. The summed E-state index contributed by atoms with van der Waals surface area (Å²) < 4.78 is 22.6. The Kier molecular flexibility index (Phi) is 2.92. The molecule has 5 heteroatoms. The first-order chi connectivity index (χ1) is 6.30. The summed E-state index contributed by atoms with van der Waals surface area (Å²) in [5.74, 6) is 0. The number of hydrogen-bond donors (Lipinski definition) is 1. The van der Waals surface area contributed by atoms with Crippen molar-refractivity contribution in [1.29, 1.82) is 0 Å². The van der Waals surface area contributed by atoms with E-state index in [1.54, 1.807) is 19.1 Å². The second kappa shape index (κ2) is 3.67. The highest BCUT2D eigenvalue weighted by Crippen LogP contribution is 2.14. The topological polar surface area (TPSA) is 60.2 Å². The fourth-order valence-corrected chi connectivity index (χ4v) is 1.96. The summed E-state index contributed by atoms with van der Waals surface area (Å²) in [5, 5.41) is 0. The van der Waals surface area contributed by atoms with E-state index < -0.39 is 9.84 Å². The molecule has 0 saturated carbocycles. The minimum Gasteiger partial charge on any atom is -0.389 e. The van der Waals surface area contributed by atoms with Gasteiger partial charge in [0.25, 0.3) is 0 Å². The molecule has 0 amide bonds. The molecule has 2 N–H and O–H groups in total. The molecular weight excluding hydrogens is 218 g/mol. The number of benzene rings is 1. The van der Waals surface area contributed by atoms with Crippen LogP contribution < -0.4 is 5.73 Å². The van der Waals surface area contributed by atoms with Crippen molar-refractivity contribution in [3.05, 3.63) is 29.3 Å². The van der Waals surface area contributed by atoms with Crippen molar-refractivity contribution in [3.63, 3.8) is 0 Å². The largest absolute Gasteiger partial charge is 0.389 e. The normalized spacial score (nSPS) is 11.3. The van der Waals surface area contributed by atoms with Crippen molar-refractivity contribution in [1.82, 2.24) is 0 Å². The zero-order chi connectivity index (χ0) is 10.9. The third-order valence-corrected chi connectivity index (χ3v) is 3.09. The molecule has 0 unspecified atom stereocenters. The fourth-order valence-electron chi connectivity index (χ4n) is 1.10. The van der Waals surface area contributed by atoms with Crippen LogP contribution in [0.3, 0.4) is 0 Å². The molecule has 0 aromatic heterocycles. The van der Waals surface area contributed by atoms with Crippen LogP contribution in [0, 0.1) is 6.92 Å². The van der Waals surface area contributed by atoms with E-state index in [-0.39, 0.29) is 9.88 Å². The van der Waals surface area contributed by atoms with Crippen molar-refractivity contribution < 1.29 is 8.42 Å². The monoisotopic (exact) mass is 229 g/mol. The van der Waals surface area contributed by atoms with E-state index in [9.17, 15) is 8.42 Å². The Morgan fingerprint density at radius 2 is 1.93 bits per heavy atom. The molecule has 0 aliphatic heterocycles. The lowest BCUT2D eigenvalue weighted by atomic mass is 10.1. The SMILES string of the molecule is Cc1cc(C(N)=S)cc(S(C)(=O)=O)c1. The molecule has 0 spiro atoms. The number of sulfone groups is 1. The second-order valence-corrected chi connectivity index (χ2v) is 5.63. The number of nitrogens with two attached hydrogens (primary N) is 1. The first-order valence-corrected chi connectivity index (χ1v) is 6.22. The third kappa shape index (κ3) is 2.52. The lowest BCUT2D eigenvalue weighted by Gasteiger charge is -2.04. The molecule has 0 radical (unpaired) electrons. The van der Waals surface area contributed by atoms with Gasteiger partial charge in [0.2, 0.25) is 0 Å². The van der Waals surface area contributed by atoms with Gasteiger partial charge in [-0.15, -0.1) is 0 Å². The lowest BCUT2D eigenvalue weighted by molar-refractivity contribution is 0.602. The van der Waals surface area contributed by atoms with Gasteiger partial charge in [-0.25, -0.2) is 8.42 Å². The van der Waals surface area contributed by atoms with Crippen molar-refractivity contribution in [2.45, 2.75) is 11.8 Å². The molecule has 0 aliphatic rings. The quantitative estimate of drug-likeness (QED) is 0.770. The van der Waals surface area contributed by atoms with Crippen LogP contribution in [0.4, 0.5) is 0 Å². The van der Waals surface area contributed by atoms with Crippen LogP contribution in [0.15, 0.2) is 23.1 Å². The van der Waals surface area contributed by atoms with Gasteiger partial charge in [0.15, 0.2) is 9.84 Å². The molecule has 0 saturated heterocycles. The van der Waals surface area contributed by atoms with Crippen LogP contribution in [0.2, 0.25) is 0 Å². The van der Waals surface area contributed by atoms with Gasteiger partial charge in [0.1, 0.15) is 4.99 Å². The molecule has 76 valence electrons. The van der Waals surface area contributed by atoms with E-state index in [1.807, 2.05) is 0 Å². The van der Waals surface area contributed by atoms with Crippen LogP contribution in [0.5, 0.6) is 0 Å². The number of rotatable bonds is 2. The lowest BCUT2D eigenvalue weighted by Crippen LogP contribution is -2.11. The maximum Gasteiger partial charge on any atom is 0.175 e. The third-order valence-electron chi connectivity index (χ3n) is 1.76. The number of aryl methyl sites for hydroxylation is 1. The first-order valence-electron chi connectivity index (χ1n) is 3.92. The van der Waals surface area contributed by atoms with Crippen LogP contribution in [0.1, 0.15) is 11.1 Å². The molecule has 1 aromatic rings. The van der Waals surface area contributed by atoms with Crippen molar-refractivity contribution in [2.24, 2.45) is 5.73 Å². The maximum atomic E-state index is 11.3. The molecule has 0 heterocycles. The Morgan fingerprint density at radius 3 is 2.36 bits per heavy atom. The van der Waals surface area contributed by atoms with Crippen molar-refractivity contribution in [2.75, 3.05) is 6.26 Å². The highest BCUT2D eigenvalue weighted by Gasteiger charge is 2.09. The highest BCUT2D eigenvalue weighted by molar-refractivity contribution is 7.90. The maximum absolute atomic E-state index is 11.3.